The fourth-order valence-corrected chi connectivity index (χ4v) is 0. The van der Waals surface area contributed by atoms with E-state index in [-0.39, 0.29) is 23.9 Å². The van der Waals surface area contributed by atoms with Crippen LogP contribution in [0.15, 0.2) is 0 Å². The van der Waals surface area contributed by atoms with E-state index in [1.807, 2.05) is 0 Å². The largest absolute Gasteiger partial charge is 0 e. The van der Waals surface area contributed by atoms with Gasteiger partial charge in [-0.15, -0.1) is 0 Å². The Morgan fingerprint density at radius 2 is 0.294 bits per heavy atom. The molecule has 0 aliphatic carbocycles. The zero-order chi connectivity index (χ0) is 14.3. The summed E-state index contributed by atoms with van der Waals surface area (Å²) in [5, 5.41) is 0. The first-order valence-corrected chi connectivity index (χ1v) is 40.2. The smallest absolute Gasteiger partial charge is 0 e. The molecule has 0 nitrogen and oxygen atoms in total. The van der Waals surface area contributed by atoms with Gasteiger partial charge in [0.15, 0.2) is 0 Å². The zero-order valence-corrected chi connectivity index (χ0v) is 28.8. The monoisotopic (exact) mass is 780 g/mol. The third kappa shape index (κ3) is 406. The molecule has 0 spiro atoms. The van der Waals surface area contributed by atoms with Gasteiger partial charge in [-0.1, -0.05) is 0 Å². The molecule has 0 aliphatic rings. The molecule has 0 aromatic carbocycles. The molecule has 0 N–H and O–H groups in total. The molecule has 5 heteroatoms. The number of hydrogen-bond acceptors (Lipinski definition) is 0. The van der Waals surface area contributed by atoms with Crippen LogP contribution < -0.4 is 0 Å². The van der Waals surface area contributed by atoms with Crippen molar-refractivity contribution in [1.29, 1.82) is 0 Å². The van der Waals surface area contributed by atoms with Crippen molar-refractivity contribution in [2.24, 2.45) is 0 Å². The van der Waals surface area contributed by atoms with Gasteiger partial charge in [-0.2, -0.15) is 0 Å². The summed E-state index contributed by atoms with van der Waals surface area (Å²) in [6, 6.07) is 0. The molecule has 0 rings (SSSR count). The second kappa shape index (κ2) is 28.2. The molecular formula is C12H36Sn5. The van der Waals surface area contributed by atoms with E-state index in [9.17, 15) is 0 Å². The first kappa shape index (κ1) is 32.8. The van der Waals surface area contributed by atoms with Crippen LogP contribution in [0.2, 0.25) is 59.3 Å². The van der Waals surface area contributed by atoms with Crippen LogP contribution >= 0.6 is 0 Å². The predicted octanol–water partition coefficient (Wildman–Crippen LogP) is 5.10. The van der Waals surface area contributed by atoms with Crippen molar-refractivity contribution in [2.75, 3.05) is 0 Å². The van der Waals surface area contributed by atoms with Gasteiger partial charge in [-0.25, -0.2) is 0 Å². The Hall–Kier alpha value is 3.99. The standard InChI is InChI=1S/12CH3.5Sn/h12*1H3;;;;;. The summed E-state index contributed by atoms with van der Waals surface area (Å²) in [5.41, 5.74) is 0. The van der Waals surface area contributed by atoms with E-state index in [2.05, 4.69) is 59.3 Å². The predicted molar refractivity (Wildman–Crippen MR) is 99.1 cm³/mol. The third-order valence-electron chi connectivity index (χ3n) is 0. The first-order valence-electron chi connectivity index (χ1n) is 6.00. The van der Waals surface area contributed by atoms with Crippen molar-refractivity contribution in [1.82, 2.24) is 0 Å². The molecule has 0 amide bonds. The first-order chi connectivity index (χ1) is 6.93. The second-order valence-electron chi connectivity index (χ2n) is 6.00. The fraction of sp³-hybridized carbons (Fsp3) is 1.00. The third-order valence-corrected chi connectivity index (χ3v) is 0. The van der Waals surface area contributed by atoms with Gasteiger partial charge in [0.05, 0.1) is 0 Å². The van der Waals surface area contributed by atoms with E-state index in [0.717, 1.165) is 0 Å². The summed E-state index contributed by atoms with van der Waals surface area (Å²) in [7, 11) is 0. The maximum Gasteiger partial charge on any atom is 0 e. The van der Waals surface area contributed by atoms with Gasteiger partial charge in [-0.3, -0.25) is 0 Å². The summed E-state index contributed by atoms with van der Waals surface area (Å²) < 4.78 is 0. The molecule has 0 saturated heterocycles. The van der Waals surface area contributed by atoms with Crippen molar-refractivity contribution in [2.45, 2.75) is 59.3 Å². The average molecular weight is 774 g/mol. The molecule has 0 bridgehead atoms. The van der Waals surface area contributed by atoms with Crippen LogP contribution in [-0.2, 0) is 0 Å². The van der Waals surface area contributed by atoms with Gasteiger partial charge in [0.1, 0.15) is 0 Å². The van der Waals surface area contributed by atoms with Gasteiger partial charge in [0.2, 0.25) is 0 Å². The van der Waals surface area contributed by atoms with Crippen LogP contribution in [0, 0.1) is 0 Å². The van der Waals surface area contributed by atoms with Crippen molar-refractivity contribution < 1.29 is 0 Å². The molecule has 104 valence electrons. The van der Waals surface area contributed by atoms with Crippen LogP contribution in [0.5, 0.6) is 0 Å². The number of hydrogen-bond donors (Lipinski definition) is 0. The molecule has 0 aliphatic heterocycles. The van der Waals surface area contributed by atoms with Crippen molar-refractivity contribution in [3.8, 4) is 0 Å². The molecule has 8 radical (unpaired) electrons. The van der Waals surface area contributed by atoms with E-state index in [1.165, 1.54) is 0 Å². The van der Waals surface area contributed by atoms with E-state index in [1.54, 1.807) is 0 Å². The number of rotatable bonds is 0. The maximum atomic E-state index is 2.36. The van der Waals surface area contributed by atoms with Crippen LogP contribution in [-0.4, -0.2) is 103 Å². The minimum Gasteiger partial charge on any atom is 0 e. The summed E-state index contributed by atoms with van der Waals surface area (Å²) >= 11 is -2.17. The Bertz CT molecular complexity index is 57.9. The Balaban J connectivity index is -0.0000000369. The molecule has 0 heterocycles. The van der Waals surface area contributed by atoms with Gasteiger partial charge >= 0.3 is 138 Å². The summed E-state index contributed by atoms with van der Waals surface area (Å²) in [4.78, 5) is 28.4. The topological polar surface area (TPSA) is 0 Å². The Kier molecular flexibility index (Phi) is 54.4. The van der Waals surface area contributed by atoms with Crippen molar-refractivity contribution >= 4 is 103 Å². The molecule has 0 saturated carbocycles. The maximum absolute atomic E-state index is 2.36. The van der Waals surface area contributed by atoms with E-state index >= 15 is 0 Å². The van der Waals surface area contributed by atoms with Crippen LogP contribution in [0.1, 0.15) is 0 Å². The Morgan fingerprint density at radius 1 is 0.294 bits per heavy atom. The SMILES string of the molecule is [CH3][Sn]([CH3])[CH3].[CH3][Sn]([CH3])[CH3].[CH3][Sn]([CH3])[CH3].[CH3][Sn]([CH3])[CH3].[Sn]. The van der Waals surface area contributed by atoms with Crippen molar-refractivity contribution in [3.63, 3.8) is 0 Å². The van der Waals surface area contributed by atoms with Crippen LogP contribution in [0.25, 0.3) is 0 Å². The van der Waals surface area contributed by atoms with Crippen LogP contribution in [0.4, 0.5) is 0 Å². The summed E-state index contributed by atoms with van der Waals surface area (Å²) in [6.45, 7) is 0. The van der Waals surface area contributed by atoms with Crippen molar-refractivity contribution in [3.05, 3.63) is 0 Å². The van der Waals surface area contributed by atoms with Gasteiger partial charge < -0.3 is 0 Å². The van der Waals surface area contributed by atoms with Gasteiger partial charge in [0, 0.05) is 23.9 Å². The van der Waals surface area contributed by atoms with Gasteiger partial charge in [-0.05, 0) is 0 Å². The van der Waals surface area contributed by atoms with Crippen LogP contribution in [0.3, 0.4) is 0 Å². The molecule has 0 atom stereocenters. The van der Waals surface area contributed by atoms with E-state index in [0.29, 0.717) is 0 Å². The van der Waals surface area contributed by atoms with Gasteiger partial charge in [0.25, 0.3) is 0 Å². The van der Waals surface area contributed by atoms with E-state index in [4.69, 9.17) is 0 Å². The fourth-order valence-electron chi connectivity index (χ4n) is 0. The summed E-state index contributed by atoms with van der Waals surface area (Å²) in [5.74, 6) is 0. The Morgan fingerprint density at radius 3 is 0.294 bits per heavy atom. The molecule has 0 aromatic heterocycles. The average Bonchev–Trinajstić information content (AvgIpc) is 1.76. The minimum atomic E-state index is -0.543. The molecule has 0 unspecified atom stereocenters. The summed E-state index contributed by atoms with van der Waals surface area (Å²) in [6.07, 6.45) is 0. The second-order valence-corrected chi connectivity index (χ2v) is 40.2. The zero-order valence-electron chi connectivity index (χ0n) is 14.5. The molecule has 0 aromatic rings. The quantitative estimate of drug-likeness (QED) is 0.301. The molecular weight excluding hydrogens is 738 g/mol. The minimum absolute atomic E-state index is 0. The van der Waals surface area contributed by atoms with E-state index < -0.39 is 79.0 Å². The normalized spacial score (nSPS) is 8.47. The molecule has 0 fully saturated rings. The Labute approximate surface area is 159 Å². The molecule has 17 heavy (non-hydrogen) atoms.